The molecule has 0 spiro atoms. The zero-order valence-electron chi connectivity index (χ0n) is 13.1. The Hall–Kier alpha value is -2.61. The summed E-state index contributed by atoms with van der Waals surface area (Å²) in [5.74, 6) is 0. The lowest BCUT2D eigenvalue weighted by Gasteiger charge is -2.07. The van der Waals surface area contributed by atoms with E-state index in [-0.39, 0.29) is 10.9 Å². The van der Waals surface area contributed by atoms with Gasteiger partial charge in [-0.15, -0.1) is 0 Å². The third kappa shape index (κ3) is 4.68. The molecule has 23 heavy (non-hydrogen) atoms. The van der Waals surface area contributed by atoms with Crippen LogP contribution in [0.3, 0.4) is 0 Å². The van der Waals surface area contributed by atoms with Crippen molar-refractivity contribution in [3.8, 4) is 0 Å². The Morgan fingerprint density at radius 3 is 1.43 bits per heavy atom. The first-order valence-corrected chi connectivity index (χ1v) is 8.52. The summed E-state index contributed by atoms with van der Waals surface area (Å²) in [6.07, 6.45) is 0. The molecule has 114 valence electrons. The highest BCUT2D eigenvalue weighted by molar-refractivity contribution is 7.97. The summed E-state index contributed by atoms with van der Waals surface area (Å²) in [6, 6.07) is 30.4. The summed E-state index contributed by atoms with van der Waals surface area (Å²) in [6.45, 7) is 4.91. The van der Waals surface area contributed by atoms with E-state index in [9.17, 15) is 0 Å². The summed E-state index contributed by atoms with van der Waals surface area (Å²) in [5.41, 5.74) is 7.03. The van der Waals surface area contributed by atoms with Crippen molar-refractivity contribution in [1.29, 1.82) is 5.53 Å². The zero-order valence-corrected chi connectivity index (χ0v) is 14.0. The van der Waals surface area contributed by atoms with Crippen molar-refractivity contribution in [1.82, 2.24) is 0 Å². The van der Waals surface area contributed by atoms with Crippen LogP contribution in [-0.4, -0.2) is 11.5 Å². The second-order valence-corrected chi connectivity index (χ2v) is 6.93. The van der Waals surface area contributed by atoms with Crippen LogP contribution in [0.25, 0.3) is 0 Å². The van der Waals surface area contributed by atoms with Crippen LogP contribution in [0, 0.1) is 12.5 Å². The van der Waals surface area contributed by atoms with Crippen molar-refractivity contribution in [2.45, 2.75) is 21.6 Å². The van der Waals surface area contributed by atoms with E-state index in [4.69, 9.17) is 5.53 Å². The van der Waals surface area contributed by atoms with Crippen molar-refractivity contribution in [3.05, 3.63) is 90.5 Å². The fraction of sp³-hybridized carbons (Fsp3) is 0.0500. The molecule has 0 aliphatic carbocycles. The fourth-order valence-corrected chi connectivity index (χ4v) is 4.28. The van der Waals surface area contributed by atoms with Crippen molar-refractivity contribution in [2.75, 3.05) is 0 Å². The van der Waals surface area contributed by atoms with E-state index >= 15 is 0 Å². The molecule has 1 N–H and O–H groups in total. The third-order valence-electron chi connectivity index (χ3n) is 3.21. The predicted octanol–water partition coefficient (Wildman–Crippen LogP) is 5.02. The number of hydrogen-bond acceptors (Lipinski definition) is 1. The quantitative estimate of drug-likeness (QED) is 0.305. The number of nitrogens with one attached hydrogen (secondary N) is 1. The Bertz CT molecular complexity index is 707. The molecular formula is C20H20N2S+2. The molecule has 0 saturated carbocycles. The number of aryl methyl sites for hydroxylation is 1. The molecule has 3 aromatic carbocycles. The zero-order chi connectivity index (χ0) is 16.5. The van der Waals surface area contributed by atoms with Gasteiger partial charge in [0.2, 0.25) is 0 Å². The van der Waals surface area contributed by atoms with E-state index in [1.54, 1.807) is 0 Å². The van der Waals surface area contributed by atoms with Crippen LogP contribution >= 0.6 is 0 Å². The van der Waals surface area contributed by atoms with Gasteiger partial charge in [0, 0.05) is 4.79 Å². The second kappa shape index (κ2) is 8.74. The van der Waals surface area contributed by atoms with Gasteiger partial charge >= 0.3 is 0 Å². The molecule has 0 aliphatic heterocycles. The maximum Gasteiger partial charge on any atom is 0.295 e. The average Bonchev–Trinajstić information content (AvgIpc) is 2.60. The monoisotopic (exact) mass is 320 g/mol. The van der Waals surface area contributed by atoms with Crippen LogP contribution < -0.4 is 0 Å². The third-order valence-corrected chi connectivity index (χ3v) is 5.45. The molecule has 0 saturated heterocycles. The lowest BCUT2D eigenvalue weighted by atomic mass is 10.2. The highest BCUT2D eigenvalue weighted by Crippen LogP contribution is 2.30. The normalized spacial score (nSPS) is 9.65. The highest BCUT2D eigenvalue weighted by Gasteiger charge is 2.27. The van der Waals surface area contributed by atoms with Gasteiger partial charge in [0.15, 0.2) is 14.7 Å². The van der Waals surface area contributed by atoms with Crippen LogP contribution in [0.1, 0.15) is 5.56 Å². The molecule has 0 unspecified atom stereocenters. The van der Waals surface area contributed by atoms with Gasteiger partial charge in [0.05, 0.1) is 16.4 Å². The van der Waals surface area contributed by atoms with E-state index in [1.165, 1.54) is 20.2 Å². The first-order valence-electron chi connectivity index (χ1n) is 7.29. The Balaban J connectivity index is 0.000000595. The van der Waals surface area contributed by atoms with Crippen LogP contribution in [0.15, 0.2) is 99.6 Å². The number of benzene rings is 3. The molecule has 0 aromatic heterocycles. The topological polar surface area (TPSA) is 38.0 Å². The van der Waals surface area contributed by atoms with Crippen molar-refractivity contribution in [3.63, 3.8) is 0 Å². The SMILES string of the molecule is C=[N+]=N.Cc1ccc([S+](c2ccccc2)c2ccccc2)cc1. The van der Waals surface area contributed by atoms with Crippen LogP contribution in [0.5, 0.6) is 0 Å². The van der Waals surface area contributed by atoms with Crippen molar-refractivity contribution in [2.24, 2.45) is 0 Å². The van der Waals surface area contributed by atoms with Gasteiger partial charge in [-0.1, -0.05) is 54.1 Å². The van der Waals surface area contributed by atoms with Crippen molar-refractivity contribution >= 4 is 17.6 Å². The van der Waals surface area contributed by atoms with Crippen LogP contribution in [-0.2, 0) is 10.9 Å². The van der Waals surface area contributed by atoms with Gasteiger partial charge < -0.3 is 0 Å². The Morgan fingerprint density at radius 2 is 1.04 bits per heavy atom. The van der Waals surface area contributed by atoms with E-state index in [2.05, 4.69) is 103 Å². The minimum atomic E-state index is -0.0229. The Kier molecular flexibility index (Phi) is 6.37. The number of rotatable bonds is 3. The molecule has 0 fully saturated rings. The molecule has 3 aromatic rings. The Labute approximate surface area is 140 Å². The van der Waals surface area contributed by atoms with Crippen molar-refractivity contribution < 1.29 is 4.79 Å². The minimum Gasteiger partial charge on any atom is -0.0619 e. The molecule has 2 nitrogen and oxygen atoms in total. The Morgan fingerprint density at radius 1 is 0.696 bits per heavy atom. The van der Waals surface area contributed by atoms with Gasteiger partial charge in [0.1, 0.15) is 0 Å². The average molecular weight is 320 g/mol. The summed E-state index contributed by atoms with van der Waals surface area (Å²) >= 11 is 0. The minimum absolute atomic E-state index is 0.0229. The maximum atomic E-state index is 5.72. The van der Waals surface area contributed by atoms with Crippen LogP contribution in [0.2, 0.25) is 0 Å². The summed E-state index contributed by atoms with van der Waals surface area (Å²) in [5, 5.41) is 0. The number of nitrogens with zero attached hydrogens (tertiary/aromatic N) is 1. The summed E-state index contributed by atoms with van der Waals surface area (Å²) in [7, 11) is -0.0229. The van der Waals surface area contributed by atoms with E-state index in [0.29, 0.717) is 0 Å². The van der Waals surface area contributed by atoms with Gasteiger partial charge in [-0.25, -0.2) is 0 Å². The standard InChI is InChI=1S/C19H17S.CH3N2/c1-16-12-14-19(15-13-16)20(17-8-4-2-5-9-17)18-10-6-3-7-11-18;1-3-2/h2-15H,1H3;2H,1H2/q2*+1. The van der Waals surface area contributed by atoms with E-state index in [1.807, 2.05) is 0 Å². The molecule has 0 radical (unpaired) electrons. The van der Waals surface area contributed by atoms with Gasteiger partial charge in [-0.3, -0.25) is 0 Å². The lowest BCUT2D eigenvalue weighted by Crippen LogP contribution is -2.04. The molecule has 0 bridgehead atoms. The first kappa shape index (κ1) is 16.8. The molecule has 0 amide bonds. The molecule has 3 heteroatoms. The molecule has 3 rings (SSSR count). The molecule has 0 atom stereocenters. The smallest absolute Gasteiger partial charge is 0.0619 e. The number of hydrogen-bond donors (Lipinski definition) is 1. The molecule has 0 aliphatic rings. The molecule has 0 heterocycles. The maximum absolute atomic E-state index is 5.72. The predicted molar refractivity (Wildman–Crippen MR) is 96.3 cm³/mol. The summed E-state index contributed by atoms with van der Waals surface area (Å²) in [4.78, 5) is 6.60. The van der Waals surface area contributed by atoms with Gasteiger partial charge in [-0.2, -0.15) is 0 Å². The van der Waals surface area contributed by atoms with Gasteiger partial charge in [-0.05, 0) is 43.3 Å². The summed E-state index contributed by atoms with van der Waals surface area (Å²) < 4.78 is 0. The van der Waals surface area contributed by atoms with Crippen LogP contribution in [0.4, 0.5) is 0 Å². The lowest BCUT2D eigenvalue weighted by molar-refractivity contribution is -0.106. The largest absolute Gasteiger partial charge is 0.295 e. The first-order chi connectivity index (χ1) is 11.3. The second-order valence-electron chi connectivity index (χ2n) is 4.90. The highest BCUT2D eigenvalue weighted by atomic mass is 32.2. The van der Waals surface area contributed by atoms with E-state index < -0.39 is 0 Å². The van der Waals surface area contributed by atoms with E-state index in [0.717, 1.165) is 0 Å². The fourth-order valence-electron chi connectivity index (χ4n) is 2.20. The van der Waals surface area contributed by atoms with Gasteiger partial charge in [0.25, 0.3) is 6.72 Å². The molecular weight excluding hydrogens is 300 g/mol.